The number of nitrogens with two attached hydrogens (primary N) is 1. The fourth-order valence-corrected chi connectivity index (χ4v) is 2.48. The monoisotopic (exact) mass is 276 g/mol. The van der Waals surface area contributed by atoms with Gasteiger partial charge in [-0.05, 0) is 12.1 Å². The molecule has 0 heterocycles. The van der Waals surface area contributed by atoms with Gasteiger partial charge in [-0.3, -0.25) is 4.79 Å². The molecule has 0 radical (unpaired) electrons. The summed E-state index contributed by atoms with van der Waals surface area (Å²) in [4.78, 5) is 10.6. The van der Waals surface area contributed by atoms with Crippen LogP contribution in [0.3, 0.4) is 0 Å². The molecule has 0 aliphatic rings. The molecular weight excluding hydrogens is 263 g/mol. The number of rotatable bonds is 4. The lowest BCUT2D eigenvalue weighted by Gasteiger charge is -2.17. The summed E-state index contributed by atoms with van der Waals surface area (Å²) in [7, 11) is -1.71. The molecule has 0 spiro atoms. The van der Waals surface area contributed by atoms with Crippen molar-refractivity contribution >= 4 is 21.7 Å². The highest BCUT2D eigenvalue weighted by Gasteiger charge is 2.26. The fraction of sp³-hybridized carbons (Fsp3) is 0.300. The summed E-state index contributed by atoms with van der Waals surface area (Å²) in [6.07, 6.45) is 0. The van der Waals surface area contributed by atoms with Crippen molar-refractivity contribution in [2.24, 2.45) is 0 Å². The second-order valence-electron chi connectivity index (χ2n) is 3.49. The molecule has 0 unspecified atom stereocenters. The van der Waals surface area contributed by atoms with Crippen LogP contribution in [-0.4, -0.2) is 39.4 Å². The third kappa shape index (κ3) is 2.77. The number of nitrogen functional groups attached to an aromatic ring is 1. The predicted molar refractivity (Wildman–Crippen MR) is 62.6 cm³/mol. The van der Waals surface area contributed by atoms with E-state index in [1.807, 2.05) is 0 Å². The van der Waals surface area contributed by atoms with Crippen LogP contribution in [0.15, 0.2) is 23.1 Å². The number of hydrogen-bond donors (Lipinski definition) is 1. The minimum atomic E-state index is -4.03. The van der Waals surface area contributed by atoms with Gasteiger partial charge in [-0.1, -0.05) is 6.07 Å². The molecular formula is C10H13FN2O4S. The Kier molecular flexibility index (Phi) is 4.25. The van der Waals surface area contributed by atoms with Gasteiger partial charge in [-0.15, -0.1) is 0 Å². The molecule has 0 atom stereocenters. The Balaban J connectivity index is 3.14. The normalized spacial score (nSPS) is 11.6. The van der Waals surface area contributed by atoms with Gasteiger partial charge in [0.2, 0.25) is 10.0 Å². The summed E-state index contributed by atoms with van der Waals surface area (Å²) in [6, 6.07) is 3.45. The molecule has 0 aliphatic heterocycles. The number of hydrogen-bond acceptors (Lipinski definition) is 5. The van der Waals surface area contributed by atoms with Crippen LogP contribution in [0.2, 0.25) is 0 Å². The molecule has 18 heavy (non-hydrogen) atoms. The summed E-state index contributed by atoms with van der Waals surface area (Å²) >= 11 is 0. The first-order chi connectivity index (χ1) is 8.30. The Morgan fingerprint density at radius 2 is 2.11 bits per heavy atom. The maximum Gasteiger partial charge on any atom is 0.321 e. The van der Waals surface area contributed by atoms with Crippen LogP contribution in [0.5, 0.6) is 0 Å². The summed E-state index contributed by atoms with van der Waals surface area (Å²) in [5, 5.41) is 0. The number of likely N-dealkylation sites (N-methyl/N-ethyl adjacent to an activating group) is 1. The maximum absolute atomic E-state index is 13.2. The number of benzene rings is 1. The van der Waals surface area contributed by atoms with Crippen molar-refractivity contribution in [1.29, 1.82) is 0 Å². The third-order valence-corrected chi connectivity index (χ3v) is 4.14. The van der Waals surface area contributed by atoms with Crippen LogP contribution < -0.4 is 5.73 Å². The van der Waals surface area contributed by atoms with Crippen molar-refractivity contribution < 1.29 is 22.3 Å². The molecule has 6 nitrogen and oxygen atoms in total. The molecule has 0 saturated heterocycles. The molecule has 0 saturated carbocycles. The lowest BCUT2D eigenvalue weighted by molar-refractivity contribution is -0.140. The van der Waals surface area contributed by atoms with Gasteiger partial charge >= 0.3 is 5.97 Å². The maximum atomic E-state index is 13.2. The number of sulfonamides is 1. The standard InChI is InChI=1S/C10H13FN2O4S/c1-13(6-9(14)17-2)18(15,16)8-5-3-4-7(11)10(8)12/h3-5H,6,12H2,1-2H3. The van der Waals surface area contributed by atoms with Crippen molar-refractivity contribution in [1.82, 2.24) is 4.31 Å². The summed E-state index contributed by atoms with van der Waals surface area (Å²) < 4.78 is 42.4. The van der Waals surface area contributed by atoms with E-state index in [2.05, 4.69) is 4.74 Å². The number of carbonyl (C=O) groups is 1. The number of ether oxygens (including phenoxy) is 1. The number of halogens is 1. The van der Waals surface area contributed by atoms with Gasteiger partial charge in [0.15, 0.2) is 0 Å². The lowest BCUT2D eigenvalue weighted by Crippen LogP contribution is -2.33. The van der Waals surface area contributed by atoms with Gasteiger partial charge in [0.05, 0.1) is 12.8 Å². The van der Waals surface area contributed by atoms with Gasteiger partial charge in [-0.2, -0.15) is 4.31 Å². The second-order valence-corrected chi connectivity index (χ2v) is 5.50. The molecule has 0 fully saturated rings. The van der Waals surface area contributed by atoms with Crippen molar-refractivity contribution in [3.63, 3.8) is 0 Å². The Bertz CT molecular complexity index is 559. The van der Waals surface area contributed by atoms with Crippen LogP contribution in [0.1, 0.15) is 0 Å². The number of methoxy groups -OCH3 is 1. The van der Waals surface area contributed by atoms with Crippen LogP contribution in [0.25, 0.3) is 0 Å². The van der Waals surface area contributed by atoms with Crippen molar-refractivity contribution in [2.45, 2.75) is 4.90 Å². The van der Waals surface area contributed by atoms with E-state index in [9.17, 15) is 17.6 Å². The summed E-state index contributed by atoms with van der Waals surface area (Å²) in [5.74, 6) is -1.56. The number of para-hydroxylation sites is 1. The van der Waals surface area contributed by atoms with Crippen LogP contribution in [0.4, 0.5) is 10.1 Å². The number of nitrogens with zero attached hydrogens (tertiary/aromatic N) is 1. The molecule has 1 aromatic carbocycles. The minimum absolute atomic E-state index is 0.381. The van der Waals surface area contributed by atoms with Crippen LogP contribution in [-0.2, 0) is 19.6 Å². The zero-order valence-electron chi connectivity index (χ0n) is 9.88. The lowest BCUT2D eigenvalue weighted by atomic mass is 10.3. The highest BCUT2D eigenvalue weighted by molar-refractivity contribution is 7.89. The first kappa shape index (κ1) is 14.4. The zero-order valence-corrected chi connectivity index (χ0v) is 10.7. The smallest absolute Gasteiger partial charge is 0.321 e. The van der Waals surface area contributed by atoms with Crippen molar-refractivity contribution in [2.75, 3.05) is 26.4 Å². The van der Waals surface area contributed by atoms with E-state index in [0.29, 0.717) is 0 Å². The number of anilines is 1. The van der Waals surface area contributed by atoms with Crippen molar-refractivity contribution in [3.05, 3.63) is 24.0 Å². The van der Waals surface area contributed by atoms with E-state index >= 15 is 0 Å². The molecule has 0 aliphatic carbocycles. The second kappa shape index (κ2) is 5.32. The van der Waals surface area contributed by atoms with E-state index in [0.717, 1.165) is 17.5 Å². The van der Waals surface area contributed by atoms with Crippen LogP contribution >= 0.6 is 0 Å². The van der Waals surface area contributed by atoms with Gasteiger partial charge in [0.25, 0.3) is 0 Å². The Hall–Kier alpha value is -1.67. The van der Waals surface area contributed by atoms with Gasteiger partial charge < -0.3 is 10.5 Å². The molecule has 0 bridgehead atoms. The van der Waals surface area contributed by atoms with Gasteiger partial charge in [0.1, 0.15) is 17.3 Å². The highest BCUT2D eigenvalue weighted by Crippen LogP contribution is 2.23. The SMILES string of the molecule is COC(=O)CN(C)S(=O)(=O)c1cccc(F)c1N. The third-order valence-electron chi connectivity index (χ3n) is 2.28. The Morgan fingerprint density at radius 3 is 2.67 bits per heavy atom. The van der Waals surface area contributed by atoms with Gasteiger partial charge in [-0.25, -0.2) is 12.8 Å². The van der Waals surface area contributed by atoms with Gasteiger partial charge in [0, 0.05) is 7.05 Å². The first-order valence-electron chi connectivity index (χ1n) is 4.88. The van der Waals surface area contributed by atoms with Crippen molar-refractivity contribution in [3.8, 4) is 0 Å². The molecule has 8 heteroatoms. The van der Waals surface area contributed by atoms with E-state index in [-0.39, 0.29) is 4.90 Å². The average Bonchev–Trinajstić information content (AvgIpc) is 2.32. The molecule has 1 rings (SSSR count). The Labute approximate surface area is 104 Å². The largest absolute Gasteiger partial charge is 0.468 e. The zero-order chi connectivity index (χ0) is 13.9. The van der Waals surface area contributed by atoms with Crippen LogP contribution in [0, 0.1) is 5.82 Å². The molecule has 1 aromatic rings. The van der Waals surface area contributed by atoms with E-state index in [1.165, 1.54) is 19.2 Å². The summed E-state index contributed by atoms with van der Waals surface area (Å²) in [5.41, 5.74) is 4.90. The fourth-order valence-electron chi connectivity index (χ4n) is 1.24. The Morgan fingerprint density at radius 1 is 1.50 bits per heavy atom. The molecule has 0 aromatic heterocycles. The summed E-state index contributed by atoms with van der Waals surface area (Å²) in [6.45, 7) is -0.477. The topological polar surface area (TPSA) is 89.7 Å². The van der Waals surface area contributed by atoms with E-state index in [4.69, 9.17) is 5.73 Å². The quantitative estimate of drug-likeness (QED) is 0.627. The molecule has 2 N–H and O–H groups in total. The van der Waals surface area contributed by atoms with E-state index in [1.54, 1.807) is 0 Å². The predicted octanol–water partition coefficient (Wildman–Crippen LogP) is 0.201. The number of carbonyl (C=O) groups excluding carboxylic acids is 1. The molecule has 0 amide bonds. The molecule has 100 valence electrons. The van der Waals surface area contributed by atoms with E-state index < -0.39 is 34.0 Å². The number of esters is 1. The first-order valence-corrected chi connectivity index (χ1v) is 6.32. The minimum Gasteiger partial charge on any atom is -0.468 e. The average molecular weight is 276 g/mol. The highest BCUT2D eigenvalue weighted by atomic mass is 32.2.